The van der Waals surface area contributed by atoms with Crippen LogP contribution < -0.4 is 5.32 Å². The molecule has 6 heteroatoms. The van der Waals surface area contributed by atoms with Gasteiger partial charge in [0.25, 0.3) is 5.69 Å². The van der Waals surface area contributed by atoms with Crippen LogP contribution in [0.5, 0.6) is 0 Å². The monoisotopic (exact) mass is 576 g/mol. The Kier molecular flexibility index (Phi) is 9.57. The molecule has 0 unspecified atom stereocenters. The zero-order chi connectivity index (χ0) is 30.2. The predicted octanol–water partition coefficient (Wildman–Crippen LogP) is 10.1. The number of hydrogen-bond acceptors (Lipinski definition) is 3. The Bertz CT molecular complexity index is 1690. The van der Waals surface area contributed by atoms with E-state index >= 15 is 8.78 Å². The number of unbranched alkanes of at least 4 members (excludes halogenated alkanes) is 2. The van der Waals surface area contributed by atoms with Crippen LogP contribution in [0.15, 0.2) is 109 Å². The Hall–Kier alpha value is -4.84. The molecule has 0 heterocycles. The van der Waals surface area contributed by atoms with E-state index in [0.29, 0.717) is 24.1 Å². The van der Waals surface area contributed by atoms with Crippen LogP contribution in [0.3, 0.4) is 0 Å². The molecule has 0 spiro atoms. The highest BCUT2D eigenvalue weighted by Gasteiger charge is 2.15. The molecule has 0 fully saturated rings. The molecule has 0 saturated heterocycles. The van der Waals surface area contributed by atoms with Crippen molar-refractivity contribution in [3.05, 3.63) is 153 Å². The summed E-state index contributed by atoms with van der Waals surface area (Å²) in [5.41, 5.74) is 6.39. The molecule has 0 aliphatic heterocycles. The molecule has 5 aromatic carbocycles. The number of hydrogen-bond donors (Lipinski definition) is 1. The van der Waals surface area contributed by atoms with Gasteiger partial charge in [-0.2, -0.15) is 0 Å². The molecular formula is C37H34F2N2O2. The van der Waals surface area contributed by atoms with Crippen molar-refractivity contribution in [3.63, 3.8) is 0 Å². The second kappa shape index (κ2) is 13.9. The van der Waals surface area contributed by atoms with Gasteiger partial charge >= 0.3 is 0 Å². The number of rotatable bonds is 12. The minimum absolute atomic E-state index is 0.0145. The van der Waals surface area contributed by atoms with Gasteiger partial charge in [-0.1, -0.05) is 98.6 Å². The van der Waals surface area contributed by atoms with Gasteiger partial charge in [0, 0.05) is 35.5 Å². The fourth-order valence-corrected chi connectivity index (χ4v) is 5.25. The lowest BCUT2D eigenvalue weighted by Gasteiger charge is -2.13. The zero-order valence-corrected chi connectivity index (χ0v) is 24.2. The summed E-state index contributed by atoms with van der Waals surface area (Å²) < 4.78 is 30.5. The van der Waals surface area contributed by atoms with Crippen molar-refractivity contribution < 1.29 is 13.7 Å². The molecule has 0 aliphatic rings. The minimum atomic E-state index is -0.498. The first-order chi connectivity index (χ1) is 20.9. The van der Waals surface area contributed by atoms with E-state index in [1.165, 1.54) is 30.2 Å². The minimum Gasteiger partial charge on any atom is -0.381 e. The van der Waals surface area contributed by atoms with Crippen LogP contribution in [-0.4, -0.2) is 4.92 Å². The number of anilines is 1. The second-order valence-electron chi connectivity index (χ2n) is 10.8. The summed E-state index contributed by atoms with van der Waals surface area (Å²) >= 11 is 0. The quantitative estimate of drug-likeness (QED) is 0.0913. The van der Waals surface area contributed by atoms with Crippen molar-refractivity contribution in [3.8, 4) is 22.3 Å². The van der Waals surface area contributed by atoms with Crippen molar-refractivity contribution in [2.24, 2.45) is 0 Å². The summed E-state index contributed by atoms with van der Waals surface area (Å²) in [5, 5.41) is 14.8. The van der Waals surface area contributed by atoms with E-state index in [2.05, 4.69) is 12.2 Å². The Labute approximate surface area is 251 Å². The van der Waals surface area contributed by atoms with Crippen LogP contribution >= 0.6 is 0 Å². The van der Waals surface area contributed by atoms with Crippen molar-refractivity contribution in [2.75, 3.05) is 5.32 Å². The Morgan fingerprint density at radius 1 is 0.698 bits per heavy atom. The second-order valence-corrected chi connectivity index (χ2v) is 10.8. The molecule has 0 bridgehead atoms. The predicted molar refractivity (Wildman–Crippen MR) is 170 cm³/mol. The highest BCUT2D eigenvalue weighted by Crippen LogP contribution is 2.32. The fraction of sp³-hybridized carbons (Fsp3) is 0.189. The van der Waals surface area contributed by atoms with Crippen LogP contribution in [-0.2, 0) is 19.4 Å². The molecule has 0 aromatic heterocycles. The fourth-order valence-electron chi connectivity index (χ4n) is 5.25. The first kappa shape index (κ1) is 29.6. The van der Waals surface area contributed by atoms with Gasteiger partial charge < -0.3 is 5.32 Å². The summed E-state index contributed by atoms with van der Waals surface area (Å²) in [4.78, 5) is 11.0. The molecule has 218 valence electrons. The number of nitrogens with zero attached hydrogens (tertiary/aromatic N) is 1. The van der Waals surface area contributed by atoms with Gasteiger partial charge in [-0.25, -0.2) is 8.78 Å². The largest absolute Gasteiger partial charge is 0.381 e. The van der Waals surface area contributed by atoms with Crippen LogP contribution in [0.4, 0.5) is 20.2 Å². The Morgan fingerprint density at radius 2 is 1.30 bits per heavy atom. The van der Waals surface area contributed by atoms with Crippen LogP contribution in [0.2, 0.25) is 0 Å². The maximum absolute atomic E-state index is 15.3. The van der Waals surface area contributed by atoms with Crippen molar-refractivity contribution in [1.29, 1.82) is 0 Å². The van der Waals surface area contributed by atoms with Crippen molar-refractivity contribution >= 4 is 11.4 Å². The first-order valence-corrected chi connectivity index (χ1v) is 14.6. The highest BCUT2D eigenvalue weighted by molar-refractivity contribution is 5.72. The topological polar surface area (TPSA) is 55.2 Å². The maximum atomic E-state index is 15.3. The van der Waals surface area contributed by atoms with Gasteiger partial charge in [-0.3, -0.25) is 10.1 Å². The average molecular weight is 577 g/mol. The Balaban J connectivity index is 1.33. The first-order valence-electron chi connectivity index (χ1n) is 14.6. The van der Waals surface area contributed by atoms with E-state index in [1.54, 1.807) is 24.3 Å². The van der Waals surface area contributed by atoms with Gasteiger partial charge in [-0.05, 0) is 70.8 Å². The number of aryl methyl sites for hydroxylation is 1. The third-order valence-electron chi connectivity index (χ3n) is 7.68. The van der Waals surface area contributed by atoms with Gasteiger partial charge in [0.1, 0.15) is 11.6 Å². The maximum Gasteiger partial charge on any atom is 0.269 e. The third-order valence-corrected chi connectivity index (χ3v) is 7.68. The van der Waals surface area contributed by atoms with E-state index in [4.69, 9.17) is 0 Å². The van der Waals surface area contributed by atoms with Crippen LogP contribution in [0.25, 0.3) is 22.3 Å². The normalized spacial score (nSPS) is 11.0. The lowest BCUT2D eigenvalue weighted by molar-refractivity contribution is -0.384. The third kappa shape index (κ3) is 7.52. The lowest BCUT2D eigenvalue weighted by Crippen LogP contribution is -2.04. The molecule has 5 aromatic rings. The number of non-ortho nitro benzene ring substituents is 1. The molecule has 43 heavy (non-hydrogen) atoms. The van der Waals surface area contributed by atoms with E-state index < -0.39 is 16.6 Å². The van der Waals surface area contributed by atoms with Gasteiger partial charge in [0.15, 0.2) is 0 Å². The molecule has 0 saturated carbocycles. The van der Waals surface area contributed by atoms with E-state index in [9.17, 15) is 10.1 Å². The van der Waals surface area contributed by atoms with Crippen LogP contribution in [0.1, 0.15) is 48.4 Å². The summed E-state index contributed by atoms with van der Waals surface area (Å²) in [5.74, 6) is -0.979. The number of nitro groups is 1. The SMILES string of the molecule is CCCCCc1ccc(-c2cc(F)c(-c3ccc(Cc4cc([N+](=O)[O-])ccc4NCc4ccccc4)cc3)cc2F)cc1. The highest BCUT2D eigenvalue weighted by atomic mass is 19.1. The number of nitro benzene ring substituents is 1. The number of benzene rings is 5. The summed E-state index contributed by atoms with van der Waals surface area (Å²) in [6.07, 6.45) is 4.86. The Morgan fingerprint density at radius 3 is 1.88 bits per heavy atom. The number of halogens is 2. The summed E-state index contributed by atoms with van der Waals surface area (Å²) in [6.45, 7) is 2.74. The van der Waals surface area contributed by atoms with E-state index in [1.807, 2.05) is 66.7 Å². The van der Waals surface area contributed by atoms with E-state index in [-0.39, 0.29) is 16.8 Å². The zero-order valence-electron chi connectivity index (χ0n) is 24.2. The van der Waals surface area contributed by atoms with E-state index in [0.717, 1.165) is 41.6 Å². The molecule has 4 nitrogen and oxygen atoms in total. The van der Waals surface area contributed by atoms with Gasteiger partial charge in [0.2, 0.25) is 0 Å². The number of nitrogens with one attached hydrogen (secondary N) is 1. The smallest absolute Gasteiger partial charge is 0.269 e. The summed E-state index contributed by atoms with van der Waals surface area (Å²) in [6, 6.07) is 32.1. The molecule has 5 rings (SSSR count). The molecule has 0 atom stereocenters. The molecule has 0 radical (unpaired) electrons. The lowest BCUT2D eigenvalue weighted by atomic mass is 9.96. The van der Waals surface area contributed by atoms with Gasteiger partial charge in [0.05, 0.1) is 4.92 Å². The van der Waals surface area contributed by atoms with Gasteiger partial charge in [-0.15, -0.1) is 0 Å². The van der Waals surface area contributed by atoms with Crippen LogP contribution in [0, 0.1) is 21.7 Å². The van der Waals surface area contributed by atoms with Crippen molar-refractivity contribution in [1.82, 2.24) is 0 Å². The molecular weight excluding hydrogens is 542 g/mol. The average Bonchev–Trinajstić information content (AvgIpc) is 3.03. The van der Waals surface area contributed by atoms with Crippen molar-refractivity contribution in [2.45, 2.75) is 45.6 Å². The summed E-state index contributed by atoms with van der Waals surface area (Å²) in [7, 11) is 0. The standard InChI is InChI=1S/C37H34F2N2O2/c1-2-3-5-8-26-11-15-29(16-12-26)33-23-36(39)34(24-35(33)38)30-17-13-27(14-18-30)21-31-22-32(41(42)43)19-20-37(31)40-25-28-9-6-4-7-10-28/h4,6-7,9-20,22-24,40H,2-3,5,8,21,25H2,1H3. The molecule has 0 amide bonds. The molecule has 0 aliphatic carbocycles. The molecule has 1 N–H and O–H groups in total.